The first kappa shape index (κ1) is 19.4. The summed E-state index contributed by atoms with van der Waals surface area (Å²) in [5.41, 5.74) is 3.26. The SMILES string of the molecule is CCCCC1(CC)CSc2ccc(C)cc2C(c2ccc(F)cc2)C1O. The van der Waals surface area contributed by atoms with Crippen LogP contribution in [0.1, 0.15) is 62.1 Å². The molecule has 1 N–H and O–H groups in total. The van der Waals surface area contributed by atoms with Gasteiger partial charge in [0.2, 0.25) is 0 Å². The van der Waals surface area contributed by atoms with Gasteiger partial charge < -0.3 is 5.11 Å². The van der Waals surface area contributed by atoms with Crippen LogP contribution in [0.15, 0.2) is 47.4 Å². The molecular weight excluding hydrogens is 343 g/mol. The first-order chi connectivity index (χ1) is 12.5. The number of rotatable bonds is 5. The first-order valence-electron chi connectivity index (χ1n) is 9.67. The van der Waals surface area contributed by atoms with Gasteiger partial charge in [0, 0.05) is 22.0 Å². The Bertz CT molecular complexity index is 742. The van der Waals surface area contributed by atoms with Crippen LogP contribution < -0.4 is 0 Å². The molecule has 0 saturated heterocycles. The molecule has 0 spiro atoms. The molecule has 0 radical (unpaired) electrons. The van der Waals surface area contributed by atoms with Crippen molar-refractivity contribution < 1.29 is 9.50 Å². The van der Waals surface area contributed by atoms with Gasteiger partial charge in [0.05, 0.1) is 6.10 Å². The van der Waals surface area contributed by atoms with Crippen molar-refractivity contribution in [2.45, 2.75) is 63.4 Å². The molecular formula is C23H29FOS. The molecule has 1 aliphatic rings. The molecule has 3 unspecified atom stereocenters. The van der Waals surface area contributed by atoms with Crippen molar-refractivity contribution in [1.29, 1.82) is 0 Å². The molecule has 0 fully saturated rings. The number of aryl methyl sites for hydroxylation is 1. The number of thioether (sulfide) groups is 1. The molecule has 0 amide bonds. The fourth-order valence-electron chi connectivity index (χ4n) is 4.14. The van der Waals surface area contributed by atoms with Crippen LogP contribution in [0.5, 0.6) is 0 Å². The highest BCUT2D eigenvalue weighted by atomic mass is 32.2. The molecule has 0 aliphatic carbocycles. The smallest absolute Gasteiger partial charge is 0.123 e. The standard InChI is InChI=1S/C23H29FOS/c1-4-6-13-23(5-2)15-26-20-12-7-16(3)14-19(20)21(22(23)25)17-8-10-18(24)11-9-17/h7-12,14,21-22,25H,4-6,13,15H2,1-3H3. The van der Waals surface area contributed by atoms with Crippen LogP contribution in [0.2, 0.25) is 0 Å². The summed E-state index contributed by atoms with van der Waals surface area (Å²) in [6, 6.07) is 13.2. The van der Waals surface area contributed by atoms with Crippen molar-refractivity contribution in [3.63, 3.8) is 0 Å². The lowest BCUT2D eigenvalue weighted by molar-refractivity contribution is 0.0182. The predicted molar refractivity (Wildman–Crippen MR) is 108 cm³/mol. The van der Waals surface area contributed by atoms with E-state index in [-0.39, 0.29) is 17.2 Å². The molecule has 0 bridgehead atoms. The number of aliphatic hydroxyl groups is 1. The minimum atomic E-state index is -0.472. The maximum absolute atomic E-state index is 13.5. The first-order valence-corrected chi connectivity index (χ1v) is 10.7. The summed E-state index contributed by atoms with van der Waals surface area (Å²) >= 11 is 1.87. The molecule has 1 nitrogen and oxygen atoms in total. The van der Waals surface area contributed by atoms with E-state index < -0.39 is 6.10 Å². The number of halogens is 1. The summed E-state index contributed by atoms with van der Waals surface area (Å²) in [5, 5.41) is 11.6. The lowest BCUT2D eigenvalue weighted by Crippen LogP contribution is -2.40. The van der Waals surface area contributed by atoms with Crippen LogP contribution in [-0.2, 0) is 0 Å². The van der Waals surface area contributed by atoms with E-state index in [1.54, 1.807) is 0 Å². The van der Waals surface area contributed by atoms with Crippen molar-refractivity contribution in [3.05, 3.63) is 65.0 Å². The Balaban J connectivity index is 2.13. The van der Waals surface area contributed by atoms with Crippen molar-refractivity contribution in [1.82, 2.24) is 0 Å². The van der Waals surface area contributed by atoms with Crippen LogP contribution in [0.4, 0.5) is 4.39 Å². The molecule has 3 rings (SSSR count). The Hall–Kier alpha value is -1.32. The van der Waals surface area contributed by atoms with Gasteiger partial charge in [-0.2, -0.15) is 0 Å². The van der Waals surface area contributed by atoms with Crippen LogP contribution in [-0.4, -0.2) is 17.0 Å². The zero-order valence-electron chi connectivity index (χ0n) is 16.0. The third-order valence-electron chi connectivity index (χ3n) is 5.92. The molecule has 3 atom stereocenters. The van der Waals surface area contributed by atoms with Crippen LogP contribution in [0.25, 0.3) is 0 Å². The summed E-state index contributed by atoms with van der Waals surface area (Å²) in [6.45, 7) is 6.49. The normalized spacial score (nSPS) is 25.6. The quantitative estimate of drug-likeness (QED) is 0.663. The summed E-state index contributed by atoms with van der Waals surface area (Å²) in [4.78, 5) is 1.25. The van der Waals surface area contributed by atoms with E-state index in [1.165, 1.54) is 28.2 Å². The van der Waals surface area contributed by atoms with Crippen LogP contribution >= 0.6 is 11.8 Å². The minimum absolute atomic E-state index is 0.114. The Morgan fingerprint density at radius 3 is 2.54 bits per heavy atom. The van der Waals surface area contributed by atoms with Gasteiger partial charge in [-0.25, -0.2) is 4.39 Å². The van der Waals surface area contributed by atoms with E-state index in [1.807, 2.05) is 23.9 Å². The van der Waals surface area contributed by atoms with Gasteiger partial charge in [0.1, 0.15) is 5.82 Å². The monoisotopic (exact) mass is 372 g/mol. The molecule has 1 aliphatic heterocycles. The number of benzene rings is 2. The van der Waals surface area contributed by atoms with Gasteiger partial charge in [-0.15, -0.1) is 11.8 Å². The maximum atomic E-state index is 13.5. The van der Waals surface area contributed by atoms with Gasteiger partial charge in [-0.3, -0.25) is 0 Å². The lowest BCUT2D eigenvalue weighted by Gasteiger charge is -2.39. The average molecular weight is 373 g/mol. The molecule has 2 aromatic rings. The average Bonchev–Trinajstić information content (AvgIpc) is 2.76. The second-order valence-corrected chi connectivity index (χ2v) is 8.64. The lowest BCUT2D eigenvalue weighted by atomic mass is 9.69. The van der Waals surface area contributed by atoms with Crippen molar-refractivity contribution in [2.75, 3.05) is 5.75 Å². The van der Waals surface area contributed by atoms with Gasteiger partial charge in [0.25, 0.3) is 0 Å². The Morgan fingerprint density at radius 2 is 1.88 bits per heavy atom. The second-order valence-electron chi connectivity index (χ2n) is 7.62. The van der Waals surface area contributed by atoms with Gasteiger partial charge in [-0.1, -0.05) is 56.5 Å². The van der Waals surface area contributed by atoms with E-state index in [0.29, 0.717) is 0 Å². The summed E-state index contributed by atoms with van der Waals surface area (Å²) in [6.07, 6.45) is 3.76. The molecule has 140 valence electrons. The van der Waals surface area contributed by atoms with Crippen LogP contribution in [0.3, 0.4) is 0 Å². The van der Waals surface area contributed by atoms with Gasteiger partial charge in [-0.05, 0) is 49.1 Å². The maximum Gasteiger partial charge on any atom is 0.123 e. The second kappa shape index (κ2) is 8.14. The van der Waals surface area contributed by atoms with Crippen molar-refractivity contribution in [2.24, 2.45) is 5.41 Å². The summed E-state index contributed by atoms with van der Waals surface area (Å²) in [5.74, 6) is 0.582. The van der Waals surface area contributed by atoms with E-state index >= 15 is 0 Å². The topological polar surface area (TPSA) is 20.2 Å². The minimum Gasteiger partial charge on any atom is -0.392 e. The zero-order valence-corrected chi connectivity index (χ0v) is 16.8. The summed E-state index contributed by atoms with van der Waals surface area (Å²) < 4.78 is 13.5. The highest BCUT2D eigenvalue weighted by Crippen LogP contribution is 2.50. The van der Waals surface area contributed by atoms with Crippen LogP contribution in [0, 0.1) is 18.2 Å². The molecule has 3 heteroatoms. The molecule has 26 heavy (non-hydrogen) atoms. The largest absolute Gasteiger partial charge is 0.392 e. The Kier molecular flexibility index (Phi) is 6.09. The number of hydrogen-bond acceptors (Lipinski definition) is 2. The molecule has 2 aromatic carbocycles. The number of aliphatic hydroxyl groups excluding tert-OH is 1. The van der Waals surface area contributed by atoms with Crippen molar-refractivity contribution in [3.8, 4) is 0 Å². The number of fused-ring (bicyclic) bond motifs is 1. The fraction of sp³-hybridized carbons (Fsp3) is 0.478. The van der Waals surface area contributed by atoms with Gasteiger partial charge in [0.15, 0.2) is 0 Å². The zero-order chi connectivity index (χ0) is 18.7. The Morgan fingerprint density at radius 1 is 1.15 bits per heavy atom. The van der Waals surface area contributed by atoms with E-state index in [0.717, 1.165) is 37.0 Å². The molecule has 0 aromatic heterocycles. The van der Waals surface area contributed by atoms with E-state index in [4.69, 9.17) is 0 Å². The Labute approximate surface area is 161 Å². The highest BCUT2D eigenvalue weighted by Gasteiger charge is 2.44. The number of hydrogen-bond donors (Lipinski definition) is 1. The predicted octanol–water partition coefficient (Wildman–Crippen LogP) is 6.32. The van der Waals surface area contributed by atoms with Gasteiger partial charge >= 0.3 is 0 Å². The summed E-state index contributed by atoms with van der Waals surface area (Å²) in [7, 11) is 0. The number of unbranched alkanes of at least 4 members (excludes halogenated alkanes) is 1. The van der Waals surface area contributed by atoms with Crippen molar-refractivity contribution >= 4 is 11.8 Å². The third-order valence-corrected chi connectivity index (χ3v) is 7.32. The van der Waals surface area contributed by atoms with E-state index in [9.17, 15) is 9.50 Å². The third kappa shape index (κ3) is 3.70. The molecule has 0 saturated carbocycles. The molecule has 1 heterocycles. The van der Waals surface area contributed by atoms with E-state index in [2.05, 4.69) is 39.0 Å². The highest BCUT2D eigenvalue weighted by molar-refractivity contribution is 7.99. The fourth-order valence-corrected chi connectivity index (χ4v) is 5.62.